The van der Waals surface area contributed by atoms with Gasteiger partial charge in [0.15, 0.2) is 0 Å². The van der Waals surface area contributed by atoms with Gasteiger partial charge in [-0.05, 0) is 0 Å². The van der Waals surface area contributed by atoms with E-state index in [0.29, 0.717) is 31.0 Å². The van der Waals surface area contributed by atoms with Crippen molar-refractivity contribution < 1.29 is 4.79 Å². The molecule has 1 amide bonds. The maximum Gasteiger partial charge on any atom is 0.234 e. The van der Waals surface area contributed by atoms with Gasteiger partial charge >= 0.3 is 0 Å². The Morgan fingerprint density at radius 3 is 2.88 bits per heavy atom. The fourth-order valence-corrected chi connectivity index (χ4v) is 1.54. The molecule has 0 aromatic carbocycles. The lowest BCUT2D eigenvalue weighted by molar-refractivity contribution is -0.124. The Labute approximate surface area is 93.9 Å². The first-order chi connectivity index (χ1) is 7.78. The van der Waals surface area contributed by atoms with Crippen molar-refractivity contribution in [3.8, 4) is 12.3 Å². The van der Waals surface area contributed by atoms with Crippen LogP contribution in [0.15, 0.2) is 12.4 Å². The summed E-state index contributed by atoms with van der Waals surface area (Å²) in [5, 5.41) is 2.77. The minimum atomic E-state index is 0.0477. The molecular formula is C11H12N4O. The van der Waals surface area contributed by atoms with Crippen LogP contribution in [-0.4, -0.2) is 40.4 Å². The number of rotatable bonds is 2. The first-order valence-electron chi connectivity index (χ1n) is 5.04. The molecule has 2 rings (SSSR count). The molecule has 5 heteroatoms. The molecule has 16 heavy (non-hydrogen) atoms. The van der Waals surface area contributed by atoms with E-state index in [1.807, 2.05) is 4.90 Å². The van der Waals surface area contributed by atoms with Gasteiger partial charge in [0.2, 0.25) is 5.91 Å². The molecule has 1 aliphatic heterocycles. The molecule has 0 saturated carbocycles. The van der Waals surface area contributed by atoms with Crippen LogP contribution in [-0.2, 0) is 11.3 Å². The van der Waals surface area contributed by atoms with Crippen molar-refractivity contribution in [1.29, 1.82) is 0 Å². The summed E-state index contributed by atoms with van der Waals surface area (Å²) in [5.74, 6) is 3.20. The van der Waals surface area contributed by atoms with E-state index in [1.165, 1.54) is 0 Å². The number of carbonyl (C=O) groups excluding carboxylic acids is 1. The Balaban J connectivity index is 1.98. The predicted molar refractivity (Wildman–Crippen MR) is 58.3 cm³/mol. The molecule has 1 aromatic heterocycles. The third kappa shape index (κ3) is 2.55. The van der Waals surface area contributed by atoms with E-state index >= 15 is 0 Å². The molecule has 1 saturated heterocycles. The largest absolute Gasteiger partial charge is 0.354 e. The molecule has 0 aliphatic carbocycles. The maximum atomic E-state index is 11.1. The standard InChI is InChI=1S/C11H12N4O/c1-2-9-5-13-10(14-6-9)7-15-4-3-12-11(16)8-15/h1,5-6H,3-4,7-8H2,(H,12,16). The SMILES string of the molecule is C#Cc1cnc(CN2CCNC(=O)C2)nc1. The third-order valence-corrected chi connectivity index (χ3v) is 2.35. The van der Waals surface area contributed by atoms with E-state index in [4.69, 9.17) is 6.42 Å². The van der Waals surface area contributed by atoms with Crippen molar-refractivity contribution in [3.63, 3.8) is 0 Å². The summed E-state index contributed by atoms with van der Waals surface area (Å²) < 4.78 is 0. The zero-order chi connectivity index (χ0) is 11.4. The molecular weight excluding hydrogens is 204 g/mol. The summed E-state index contributed by atoms with van der Waals surface area (Å²) in [6, 6.07) is 0. The van der Waals surface area contributed by atoms with E-state index in [2.05, 4.69) is 21.2 Å². The molecule has 1 N–H and O–H groups in total. The number of hydrogen-bond acceptors (Lipinski definition) is 4. The topological polar surface area (TPSA) is 58.1 Å². The van der Waals surface area contributed by atoms with E-state index in [9.17, 15) is 4.79 Å². The van der Waals surface area contributed by atoms with Crippen molar-refractivity contribution in [2.24, 2.45) is 0 Å². The molecule has 2 heterocycles. The lowest BCUT2D eigenvalue weighted by atomic mass is 10.3. The first-order valence-corrected chi connectivity index (χ1v) is 5.04. The minimum absolute atomic E-state index is 0.0477. The molecule has 0 atom stereocenters. The molecule has 5 nitrogen and oxygen atoms in total. The van der Waals surface area contributed by atoms with Gasteiger partial charge in [-0.3, -0.25) is 9.69 Å². The normalized spacial score (nSPS) is 16.6. The van der Waals surface area contributed by atoms with Crippen molar-refractivity contribution in [2.75, 3.05) is 19.6 Å². The third-order valence-electron chi connectivity index (χ3n) is 2.35. The zero-order valence-electron chi connectivity index (χ0n) is 8.81. The highest BCUT2D eigenvalue weighted by atomic mass is 16.2. The van der Waals surface area contributed by atoms with Crippen LogP contribution in [0.2, 0.25) is 0 Å². The van der Waals surface area contributed by atoms with Crippen molar-refractivity contribution in [3.05, 3.63) is 23.8 Å². The first kappa shape index (κ1) is 10.6. The van der Waals surface area contributed by atoms with Gasteiger partial charge in [-0.15, -0.1) is 6.42 Å². The smallest absolute Gasteiger partial charge is 0.234 e. The lowest BCUT2D eigenvalue weighted by Crippen LogP contribution is -2.47. The molecule has 0 spiro atoms. The predicted octanol–water partition coefficient (Wildman–Crippen LogP) is -0.610. The molecule has 82 valence electrons. The summed E-state index contributed by atoms with van der Waals surface area (Å²) in [7, 11) is 0. The minimum Gasteiger partial charge on any atom is -0.354 e. The van der Waals surface area contributed by atoms with Gasteiger partial charge in [-0.1, -0.05) is 5.92 Å². The van der Waals surface area contributed by atoms with Gasteiger partial charge in [0, 0.05) is 25.5 Å². The van der Waals surface area contributed by atoms with Crippen LogP contribution in [0.3, 0.4) is 0 Å². The van der Waals surface area contributed by atoms with Gasteiger partial charge in [0.05, 0.1) is 18.7 Å². The molecule has 1 fully saturated rings. The molecule has 1 aromatic rings. The van der Waals surface area contributed by atoms with E-state index < -0.39 is 0 Å². The Kier molecular flexibility index (Phi) is 3.13. The molecule has 1 aliphatic rings. The van der Waals surface area contributed by atoms with Gasteiger partial charge in [0.25, 0.3) is 0 Å². The number of terminal acetylenes is 1. The summed E-state index contributed by atoms with van der Waals surface area (Å²) in [4.78, 5) is 21.4. The second kappa shape index (κ2) is 4.73. The van der Waals surface area contributed by atoms with E-state index in [0.717, 1.165) is 6.54 Å². The van der Waals surface area contributed by atoms with Gasteiger partial charge in [-0.2, -0.15) is 0 Å². The number of hydrogen-bond donors (Lipinski definition) is 1. The van der Waals surface area contributed by atoms with Crippen LogP contribution in [0.4, 0.5) is 0 Å². The zero-order valence-corrected chi connectivity index (χ0v) is 8.81. The monoisotopic (exact) mass is 216 g/mol. The molecule has 0 bridgehead atoms. The summed E-state index contributed by atoms with van der Waals surface area (Å²) in [6.07, 6.45) is 8.44. The maximum absolute atomic E-state index is 11.1. The Bertz CT molecular complexity index is 421. The highest BCUT2D eigenvalue weighted by Crippen LogP contribution is 2.01. The van der Waals surface area contributed by atoms with Crippen LogP contribution in [0.25, 0.3) is 0 Å². The number of amides is 1. The molecule has 0 unspecified atom stereocenters. The highest BCUT2D eigenvalue weighted by Gasteiger charge is 2.16. The average molecular weight is 216 g/mol. The van der Waals surface area contributed by atoms with Gasteiger partial charge in [0.1, 0.15) is 5.82 Å². The van der Waals surface area contributed by atoms with Gasteiger partial charge < -0.3 is 5.32 Å². The summed E-state index contributed by atoms with van der Waals surface area (Å²) >= 11 is 0. The number of carbonyl (C=O) groups is 1. The van der Waals surface area contributed by atoms with Crippen LogP contribution >= 0.6 is 0 Å². The van der Waals surface area contributed by atoms with Crippen LogP contribution in [0.5, 0.6) is 0 Å². The Morgan fingerprint density at radius 2 is 2.25 bits per heavy atom. The van der Waals surface area contributed by atoms with Crippen molar-refractivity contribution >= 4 is 5.91 Å². The van der Waals surface area contributed by atoms with E-state index in [1.54, 1.807) is 12.4 Å². The Hall–Kier alpha value is -1.93. The lowest BCUT2D eigenvalue weighted by Gasteiger charge is -2.25. The molecule has 0 radical (unpaired) electrons. The summed E-state index contributed by atoms with van der Waals surface area (Å²) in [5.41, 5.74) is 0.667. The number of aromatic nitrogens is 2. The van der Waals surface area contributed by atoms with Crippen molar-refractivity contribution in [1.82, 2.24) is 20.2 Å². The Morgan fingerprint density at radius 1 is 1.50 bits per heavy atom. The van der Waals surface area contributed by atoms with Crippen LogP contribution < -0.4 is 5.32 Å². The second-order valence-corrected chi connectivity index (χ2v) is 3.59. The van der Waals surface area contributed by atoms with Crippen LogP contribution in [0.1, 0.15) is 11.4 Å². The van der Waals surface area contributed by atoms with Crippen molar-refractivity contribution in [2.45, 2.75) is 6.54 Å². The fourth-order valence-electron chi connectivity index (χ4n) is 1.54. The number of piperazine rings is 1. The average Bonchev–Trinajstić information content (AvgIpc) is 2.30. The van der Waals surface area contributed by atoms with Crippen LogP contribution in [0, 0.1) is 12.3 Å². The summed E-state index contributed by atoms with van der Waals surface area (Å²) in [6.45, 7) is 2.49. The number of nitrogens with one attached hydrogen (secondary N) is 1. The highest BCUT2D eigenvalue weighted by molar-refractivity contribution is 5.78. The second-order valence-electron chi connectivity index (χ2n) is 3.59. The van der Waals surface area contributed by atoms with Gasteiger partial charge in [-0.25, -0.2) is 9.97 Å². The van der Waals surface area contributed by atoms with E-state index in [-0.39, 0.29) is 5.91 Å². The fraction of sp³-hybridized carbons (Fsp3) is 0.364. The quantitative estimate of drug-likeness (QED) is 0.670. The number of nitrogens with zero attached hydrogens (tertiary/aromatic N) is 3.